The Kier molecular flexibility index (Phi) is 7.83. The van der Waals surface area contributed by atoms with Gasteiger partial charge in [-0.25, -0.2) is 0 Å². The third-order valence-corrected chi connectivity index (χ3v) is 14.9. The van der Waals surface area contributed by atoms with E-state index in [0.29, 0.717) is 0 Å². The summed E-state index contributed by atoms with van der Waals surface area (Å²) in [5, 5.41) is 8.09. The number of fused-ring (bicyclic) bond motifs is 14. The Morgan fingerprint density at radius 2 is 0.812 bits per heavy atom. The Bertz CT molecular complexity index is 3660. The van der Waals surface area contributed by atoms with Crippen LogP contribution < -0.4 is 0 Å². The summed E-state index contributed by atoms with van der Waals surface area (Å²) in [6, 6.07) is 69.0. The molecule has 0 saturated heterocycles. The zero-order valence-electron chi connectivity index (χ0n) is 36.2. The second-order valence-electron chi connectivity index (χ2n) is 18.9. The van der Waals surface area contributed by atoms with E-state index in [1.807, 2.05) is 6.07 Å². The highest BCUT2D eigenvalue weighted by Crippen LogP contribution is 2.63. The molecule has 0 saturated carbocycles. The topological polar surface area (TPSA) is 13.1 Å². The first-order chi connectivity index (χ1) is 31.2. The van der Waals surface area contributed by atoms with Gasteiger partial charge >= 0.3 is 0 Å². The first kappa shape index (κ1) is 37.4. The largest absolute Gasteiger partial charge is 0.455 e. The molecule has 1 nitrogen and oxygen atoms in total. The van der Waals surface area contributed by atoms with Crippen LogP contribution in [-0.2, 0) is 10.8 Å². The zero-order chi connectivity index (χ0) is 43.1. The van der Waals surface area contributed by atoms with Crippen molar-refractivity contribution in [3.05, 3.63) is 215 Å². The predicted molar refractivity (Wildman–Crippen MR) is 271 cm³/mol. The highest BCUT2D eigenvalue weighted by atomic mass is 35.5. The number of furan rings is 1. The van der Waals surface area contributed by atoms with E-state index in [-0.39, 0.29) is 10.8 Å². The zero-order valence-corrected chi connectivity index (χ0v) is 36.9. The number of hydrogen-bond acceptors (Lipinski definition) is 1. The van der Waals surface area contributed by atoms with E-state index in [4.69, 9.17) is 16.0 Å². The predicted octanol–water partition coefficient (Wildman–Crippen LogP) is 17.8. The molecule has 1 heterocycles. The van der Waals surface area contributed by atoms with Crippen LogP contribution in [0.1, 0.15) is 49.9 Å². The van der Waals surface area contributed by atoms with E-state index in [1.54, 1.807) is 0 Å². The molecule has 0 unspecified atom stereocenters. The van der Waals surface area contributed by atoms with Crippen molar-refractivity contribution in [3.8, 4) is 66.8 Å². The van der Waals surface area contributed by atoms with Gasteiger partial charge in [0.1, 0.15) is 11.2 Å². The minimum atomic E-state index is -0.322. The van der Waals surface area contributed by atoms with Crippen molar-refractivity contribution in [3.63, 3.8) is 0 Å². The summed E-state index contributed by atoms with van der Waals surface area (Å²) in [7, 11) is 0. The van der Waals surface area contributed by atoms with Gasteiger partial charge in [0.2, 0.25) is 0 Å². The number of rotatable bonds is 4. The summed E-state index contributed by atoms with van der Waals surface area (Å²) in [5.74, 6) is 0. The lowest BCUT2D eigenvalue weighted by molar-refractivity contribution is 0.600. The first-order valence-corrected chi connectivity index (χ1v) is 22.7. The summed E-state index contributed by atoms with van der Waals surface area (Å²) in [4.78, 5) is 0. The molecule has 0 amide bonds. The standard InChI is InChI=1S/C62H43ClO/c1-61(2)50-34-38(27-29-47(50)55-56-49-25-15-16-26-52(49)64-60(56)57-48-30-28-42(63)35-51(48)62(3,4)59(57)58(55)61)53-43-21-11-13-23-45(43)54(46-24-14-12-22-44(46)53)41-32-39(36-17-7-5-8-18-36)31-40(33-41)37-19-9-6-10-20-37/h5-35H,1-4H3. The van der Waals surface area contributed by atoms with Gasteiger partial charge in [0, 0.05) is 32.2 Å². The van der Waals surface area contributed by atoms with Gasteiger partial charge in [-0.3, -0.25) is 0 Å². The minimum absolute atomic E-state index is 0.296. The summed E-state index contributed by atoms with van der Waals surface area (Å²) in [5.41, 5.74) is 21.4. The number of halogens is 1. The highest BCUT2D eigenvalue weighted by Gasteiger charge is 2.48. The molecule has 11 aromatic rings. The summed E-state index contributed by atoms with van der Waals surface area (Å²) in [6.07, 6.45) is 0. The van der Waals surface area contributed by atoms with Crippen LogP contribution in [0, 0.1) is 0 Å². The Balaban J connectivity index is 1.07. The second-order valence-corrected chi connectivity index (χ2v) is 19.3. The fourth-order valence-electron chi connectivity index (χ4n) is 11.8. The van der Waals surface area contributed by atoms with Crippen molar-refractivity contribution >= 4 is 55.1 Å². The molecule has 0 radical (unpaired) electrons. The molecule has 2 heteroatoms. The van der Waals surface area contributed by atoms with E-state index in [9.17, 15) is 0 Å². The van der Waals surface area contributed by atoms with Gasteiger partial charge in [-0.15, -0.1) is 0 Å². The monoisotopic (exact) mass is 838 g/mol. The minimum Gasteiger partial charge on any atom is -0.455 e. The molecule has 1 aromatic heterocycles. The number of para-hydroxylation sites is 1. The molecule has 64 heavy (non-hydrogen) atoms. The van der Waals surface area contributed by atoms with Gasteiger partial charge in [0.05, 0.1) is 0 Å². The van der Waals surface area contributed by atoms with Crippen LogP contribution >= 0.6 is 11.6 Å². The molecule has 0 spiro atoms. The molecule has 13 rings (SSSR count). The first-order valence-electron chi connectivity index (χ1n) is 22.4. The van der Waals surface area contributed by atoms with Crippen molar-refractivity contribution in [2.24, 2.45) is 0 Å². The van der Waals surface area contributed by atoms with Crippen LogP contribution in [0.3, 0.4) is 0 Å². The molecule has 0 aliphatic heterocycles. The normalized spacial score (nSPS) is 14.3. The Hall–Kier alpha value is -7.19. The smallest absolute Gasteiger partial charge is 0.144 e. The van der Waals surface area contributed by atoms with Crippen LogP contribution in [-0.4, -0.2) is 0 Å². The Labute approximate surface area is 378 Å². The fourth-order valence-corrected chi connectivity index (χ4v) is 12.0. The molecule has 10 aromatic carbocycles. The van der Waals surface area contributed by atoms with Gasteiger partial charge in [-0.1, -0.05) is 185 Å². The Morgan fingerprint density at radius 3 is 1.41 bits per heavy atom. The molecular formula is C62H43ClO. The van der Waals surface area contributed by atoms with Crippen LogP contribution in [0.2, 0.25) is 5.02 Å². The molecule has 304 valence electrons. The number of hydrogen-bond donors (Lipinski definition) is 0. The van der Waals surface area contributed by atoms with Crippen molar-refractivity contribution in [1.82, 2.24) is 0 Å². The summed E-state index contributed by atoms with van der Waals surface area (Å²) >= 11 is 6.77. The second kappa shape index (κ2) is 13.4. The Morgan fingerprint density at radius 1 is 0.359 bits per heavy atom. The average Bonchev–Trinajstić information content (AvgIpc) is 3.90. The average molecular weight is 839 g/mol. The maximum Gasteiger partial charge on any atom is 0.144 e. The molecule has 2 aliphatic carbocycles. The van der Waals surface area contributed by atoms with E-state index in [1.165, 1.54) is 116 Å². The van der Waals surface area contributed by atoms with Crippen LogP contribution in [0.4, 0.5) is 0 Å². The third kappa shape index (κ3) is 5.13. The van der Waals surface area contributed by atoms with Crippen LogP contribution in [0.25, 0.3) is 110 Å². The van der Waals surface area contributed by atoms with Gasteiger partial charge < -0.3 is 4.42 Å². The fraction of sp³-hybridized carbons (Fsp3) is 0.0968. The van der Waals surface area contributed by atoms with E-state index in [2.05, 4.69) is 210 Å². The molecule has 0 fully saturated rings. The lowest BCUT2D eigenvalue weighted by Crippen LogP contribution is -2.24. The molecule has 2 aliphatic rings. The maximum atomic E-state index is 6.95. The van der Waals surface area contributed by atoms with E-state index in [0.717, 1.165) is 21.6 Å². The summed E-state index contributed by atoms with van der Waals surface area (Å²) in [6.45, 7) is 9.60. The SMILES string of the molecule is CC1(C)c2cc(Cl)ccc2-c2c1c1c(c3c2oc2ccccc23)-c2ccc(-c3c4ccccc4c(-c4cc(-c5ccccc5)cc(-c5ccccc5)c4)c4ccccc34)cc2C1(C)C. The van der Waals surface area contributed by atoms with Gasteiger partial charge in [0.15, 0.2) is 0 Å². The van der Waals surface area contributed by atoms with Gasteiger partial charge in [-0.05, 0) is 147 Å². The quantitative estimate of drug-likeness (QED) is 0.161. The summed E-state index contributed by atoms with van der Waals surface area (Å²) < 4.78 is 6.95. The van der Waals surface area contributed by atoms with Crippen molar-refractivity contribution in [2.45, 2.75) is 38.5 Å². The maximum absolute atomic E-state index is 6.95. The lowest BCUT2D eigenvalue weighted by atomic mass is 9.72. The van der Waals surface area contributed by atoms with Crippen molar-refractivity contribution in [1.29, 1.82) is 0 Å². The molecule has 0 bridgehead atoms. The molecule has 0 atom stereocenters. The van der Waals surface area contributed by atoms with Crippen LogP contribution in [0.15, 0.2) is 192 Å². The lowest BCUT2D eigenvalue weighted by Gasteiger charge is -2.31. The van der Waals surface area contributed by atoms with E-state index < -0.39 is 0 Å². The van der Waals surface area contributed by atoms with Gasteiger partial charge in [0.25, 0.3) is 0 Å². The number of benzene rings is 10. The van der Waals surface area contributed by atoms with Crippen LogP contribution in [0.5, 0.6) is 0 Å². The third-order valence-electron chi connectivity index (χ3n) is 14.6. The highest BCUT2D eigenvalue weighted by molar-refractivity contribution is 6.31. The van der Waals surface area contributed by atoms with Gasteiger partial charge in [-0.2, -0.15) is 0 Å². The molecular weight excluding hydrogens is 796 g/mol. The van der Waals surface area contributed by atoms with E-state index >= 15 is 0 Å². The molecule has 0 N–H and O–H groups in total. The van der Waals surface area contributed by atoms with Crippen molar-refractivity contribution in [2.75, 3.05) is 0 Å². The van der Waals surface area contributed by atoms with Crippen molar-refractivity contribution < 1.29 is 4.42 Å².